The molecule has 0 aliphatic rings. The van der Waals surface area contributed by atoms with Crippen LogP contribution in [0.1, 0.15) is 12.6 Å². The van der Waals surface area contributed by atoms with Crippen molar-refractivity contribution in [2.75, 3.05) is 11.9 Å². The highest BCUT2D eigenvalue weighted by atomic mass is 15.0. The first-order valence-corrected chi connectivity index (χ1v) is 4.11. The molecule has 66 valence electrons. The number of rotatable bonds is 3. The minimum atomic E-state index is 0.160. The van der Waals surface area contributed by atoms with Crippen molar-refractivity contribution in [1.82, 2.24) is 4.98 Å². The Bertz CT molecular complexity index is 245. The minimum absolute atomic E-state index is 0.160. The summed E-state index contributed by atoms with van der Waals surface area (Å²) in [5, 5.41) is 3.15. The number of pyridine rings is 1. The van der Waals surface area contributed by atoms with Gasteiger partial charge in [-0.1, -0.05) is 6.07 Å². The molecule has 0 aromatic carbocycles. The molecule has 0 fully saturated rings. The van der Waals surface area contributed by atoms with Crippen molar-refractivity contribution in [3.8, 4) is 0 Å². The molecule has 1 unspecified atom stereocenters. The number of nitrogens with two attached hydrogens (primary N) is 1. The van der Waals surface area contributed by atoms with Crippen LogP contribution in [-0.2, 0) is 0 Å². The van der Waals surface area contributed by atoms with Gasteiger partial charge in [-0.3, -0.25) is 0 Å². The molecule has 1 aromatic rings. The van der Waals surface area contributed by atoms with Gasteiger partial charge in [-0.15, -0.1) is 0 Å². The smallest absolute Gasteiger partial charge is 0.126 e. The Kier molecular flexibility index (Phi) is 3.05. The Labute approximate surface area is 73.0 Å². The lowest BCUT2D eigenvalue weighted by Gasteiger charge is -2.07. The van der Waals surface area contributed by atoms with E-state index in [4.69, 9.17) is 5.73 Å². The summed E-state index contributed by atoms with van der Waals surface area (Å²) in [7, 11) is 0. The Balaban J connectivity index is 2.52. The van der Waals surface area contributed by atoms with Gasteiger partial charge in [-0.2, -0.15) is 0 Å². The van der Waals surface area contributed by atoms with Crippen LogP contribution in [0.3, 0.4) is 0 Å². The van der Waals surface area contributed by atoms with E-state index in [1.807, 2.05) is 32.0 Å². The average molecular weight is 165 g/mol. The van der Waals surface area contributed by atoms with Gasteiger partial charge in [-0.05, 0) is 26.0 Å². The second-order valence-corrected chi connectivity index (χ2v) is 3.02. The Morgan fingerprint density at radius 2 is 2.33 bits per heavy atom. The first kappa shape index (κ1) is 9.00. The Hall–Kier alpha value is -1.09. The summed E-state index contributed by atoms with van der Waals surface area (Å²) in [4.78, 5) is 4.28. The molecule has 1 heterocycles. The molecule has 0 aliphatic heterocycles. The predicted molar refractivity (Wildman–Crippen MR) is 51.1 cm³/mol. The molecule has 12 heavy (non-hydrogen) atoms. The zero-order valence-electron chi connectivity index (χ0n) is 7.54. The molecule has 3 heteroatoms. The molecule has 3 nitrogen and oxygen atoms in total. The first-order valence-electron chi connectivity index (χ1n) is 4.11. The molecule has 0 aliphatic carbocycles. The molecule has 0 saturated heterocycles. The molecule has 0 bridgehead atoms. The van der Waals surface area contributed by atoms with Crippen LogP contribution in [0.2, 0.25) is 0 Å². The van der Waals surface area contributed by atoms with Crippen LogP contribution in [-0.4, -0.2) is 17.6 Å². The van der Waals surface area contributed by atoms with Crippen LogP contribution in [0, 0.1) is 6.92 Å². The van der Waals surface area contributed by atoms with E-state index in [9.17, 15) is 0 Å². The molecule has 1 aromatic heterocycles. The number of aryl methyl sites for hydroxylation is 1. The van der Waals surface area contributed by atoms with Gasteiger partial charge < -0.3 is 11.1 Å². The van der Waals surface area contributed by atoms with Crippen molar-refractivity contribution in [2.45, 2.75) is 19.9 Å². The third kappa shape index (κ3) is 2.88. The van der Waals surface area contributed by atoms with Crippen molar-refractivity contribution < 1.29 is 0 Å². The maximum atomic E-state index is 5.59. The maximum absolute atomic E-state index is 5.59. The lowest BCUT2D eigenvalue weighted by atomic mass is 10.3. The van der Waals surface area contributed by atoms with Crippen molar-refractivity contribution in [2.24, 2.45) is 5.73 Å². The summed E-state index contributed by atoms with van der Waals surface area (Å²) in [6, 6.07) is 6.05. The first-order chi connectivity index (χ1) is 5.68. The molecule has 1 atom stereocenters. The molecule has 0 radical (unpaired) electrons. The summed E-state index contributed by atoms with van der Waals surface area (Å²) in [5.41, 5.74) is 6.61. The monoisotopic (exact) mass is 165 g/mol. The van der Waals surface area contributed by atoms with Gasteiger partial charge in [0.05, 0.1) is 0 Å². The predicted octanol–water partition coefficient (Wildman–Crippen LogP) is 1.15. The van der Waals surface area contributed by atoms with Crippen molar-refractivity contribution in [1.29, 1.82) is 0 Å². The number of anilines is 1. The molecule has 0 saturated carbocycles. The summed E-state index contributed by atoms with van der Waals surface area (Å²) >= 11 is 0. The quantitative estimate of drug-likeness (QED) is 0.706. The van der Waals surface area contributed by atoms with E-state index in [-0.39, 0.29) is 6.04 Å². The zero-order chi connectivity index (χ0) is 8.97. The van der Waals surface area contributed by atoms with E-state index in [1.165, 1.54) is 0 Å². The molecule has 3 N–H and O–H groups in total. The highest BCUT2D eigenvalue weighted by Crippen LogP contribution is 2.02. The topological polar surface area (TPSA) is 50.9 Å². The van der Waals surface area contributed by atoms with Gasteiger partial charge in [0.15, 0.2) is 0 Å². The van der Waals surface area contributed by atoms with Gasteiger partial charge >= 0.3 is 0 Å². The van der Waals surface area contributed by atoms with Crippen LogP contribution >= 0.6 is 0 Å². The number of hydrogen-bond donors (Lipinski definition) is 2. The second-order valence-electron chi connectivity index (χ2n) is 3.02. The summed E-state index contributed by atoms with van der Waals surface area (Å²) in [5.74, 6) is 0.896. The van der Waals surface area contributed by atoms with Gasteiger partial charge in [0.1, 0.15) is 5.82 Å². The molecule has 1 rings (SSSR count). The average Bonchev–Trinajstić information content (AvgIpc) is 2.01. The summed E-state index contributed by atoms with van der Waals surface area (Å²) in [6.07, 6.45) is 0. The second kappa shape index (κ2) is 4.07. The van der Waals surface area contributed by atoms with Gasteiger partial charge in [0.2, 0.25) is 0 Å². The molecule has 0 amide bonds. The van der Waals surface area contributed by atoms with E-state index in [2.05, 4.69) is 10.3 Å². The van der Waals surface area contributed by atoms with Gasteiger partial charge in [0.25, 0.3) is 0 Å². The zero-order valence-corrected chi connectivity index (χ0v) is 7.54. The normalized spacial score (nSPS) is 12.6. The van der Waals surface area contributed by atoms with Crippen molar-refractivity contribution in [3.63, 3.8) is 0 Å². The lowest BCUT2D eigenvalue weighted by Crippen LogP contribution is -2.25. The van der Waals surface area contributed by atoms with E-state index in [0.29, 0.717) is 0 Å². The maximum Gasteiger partial charge on any atom is 0.126 e. The van der Waals surface area contributed by atoms with Crippen LogP contribution < -0.4 is 11.1 Å². The summed E-state index contributed by atoms with van der Waals surface area (Å²) < 4.78 is 0. The fourth-order valence-electron chi connectivity index (χ4n) is 0.907. The lowest BCUT2D eigenvalue weighted by molar-refractivity contribution is 0.777. The minimum Gasteiger partial charge on any atom is -0.369 e. The fraction of sp³-hybridized carbons (Fsp3) is 0.444. The van der Waals surface area contributed by atoms with Crippen LogP contribution in [0.4, 0.5) is 5.82 Å². The Morgan fingerprint density at radius 3 is 2.92 bits per heavy atom. The van der Waals surface area contributed by atoms with Crippen LogP contribution in [0.25, 0.3) is 0 Å². The van der Waals surface area contributed by atoms with Gasteiger partial charge in [-0.25, -0.2) is 4.98 Å². The largest absolute Gasteiger partial charge is 0.369 e. The number of hydrogen-bond acceptors (Lipinski definition) is 3. The standard InChI is InChI=1S/C9H15N3/c1-7(10)6-11-9-5-3-4-8(2)12-9/h3-5,7H,6,10H2,1-2H3,(H,11,12). The van der Waals surface area contributed by atoms with E-state index in [1.54, 1.807) is 0 Å². The van der Waals surface area contributed by atoms with Crippen LogP contribution in [0.5, 0.6) is 0 Å². The van der Waals surface area contributed by atoms with Gasteiger partial charge in [0, 0.05) is 18.3 Å². The molecular weight excluding hydrogens is 150 g/mol. The van der Waals surface area contributed by atoms with Crippen molar-refractivity contribution >= 4 is 5.82 Å². The number of aromatic nitrogens is 1. The van der Waals surface area contributed by atoms with Crippen LogP contribution in [0.15, 0.2) is 18.2 Å². The Morgan fingerprint density at radius 1 is 1.58 bits per heavy atom. The molecular formula is C9H15N3. The molecule has 0 spiro atoms. The number of nitrogens with zero attached hydrogens (tertiary/aromatic N) is 1. The highest BCUT2D eigenvalue weighted by molar-refractivity contribution is 5.35. The third-order valence-electron chi connectivity index (χ3n) is 1.49. The highest BCUT2D eigenvalue weighted by Gasteiger charge is 1.95. The SMILES string of the molecule is Cc1cccc(NCC(C)N)n1. The fourth-order valence-corrected chi connectivity index (χ4v) is 0.907. The van der Waals surface area contributed by atoms with E-state index >= 15 is 0 Å². The number of nitrogens with one attached hydrogen (secondary N) is 1. The van der Waals surface area contributed by atoms with Crippen molar-refractivity contribution in [3.05, 3.63) is 23.9 Å². The third-order valence-corrected chi connectivity index (χ3v) is 1.49. The van der Waals surface area contributed by atoms with E-state index < -0.39 is 0 Å². The van der Waals surface area contributed by atoms with E-state index in [0.717, 1.165) is 18.1 Å². The summed E-state index contributed by atoms with van der Waals surface area (Å²) in [6.45, 7) is 4.69.